The molecule has 2 aliphatic heterocycles. The van der Waals surface area contributed by atoms with E-state index in [9.17, 15) is 13.9 Å². The Kier molecular flexibility index (Phi) is 2.87. The highest BCUT2D eigenvalue weighted by molar-refractivity contribution is 5.21. The molecule has 3 atom stereocenters. The molecule has 0 aromatic heterocycles. The van der Waals surface area contributed by atoms with Crippen LogP contribution < -0.4 is 0 Å². The van der Waals surface area contributed by atoms with Gasteiger partial charge in [-0.15, -0.1) is 0 Å². The van der Waals surface area contributed by atoms with E-state index in [1.807, 2.05) is 0 Å². The van der Waals surface area contributed by atoms with E-state index in [1.54, 1.807) is 6.07 Å². The van der Waals surface area contributed by atoms with E-state index in [-0.39, 0.29) is 5.92 Å². The number of halogens is 2. The molecule has 18 heavy (non-hydrogen) atoms. The van der Waals surface area contributed by atoms with E-state index >= 15 is 0 Å². The molecule has 0 radical (unpaired) electrons. The van der Waals surface area contributed by atoms with Gasteiger partial charge < -0.3 is 10.0 Å². The van der Waals surface area contributed by atoms with Gasteiger partial charge in [-0.1, -0.05) is 6.07 Å². The lowest BCUT2D eigenvalue weighted by Gasteiger charge is -2.39. The molecule has 2 saturated heterocycles. The maximum absolute atomic E-state index is 13.2. The summed E-state index contributed by atoms with van der Waals surface area (Å²) in [5.41, 5.74) is -0.0752. The minimum absolute atomic E-state index is 0.263. The first-order valence-corrected chi connectivity index (χ1v) is 6.45. The van der Waals surface area contributed by atoms with Crippen LogP contribution >= 0.6 is 0 Å². The van der Waals surface area contributed by atoms with Gasteiger partial charge in [0.1, 0.15) is 0 Å². The van der Waals surface area contributed by atoms with Gasteiger partial charge in [-0.3, -0.25) is 0 Å². The first-order valence-electron chi connectivity index (χ1n) is 6.45. The number of benzene rings is 1. The van der Waals surface area contributed by atoms with Crippen molar-refractivity contribution >= 4 is 0 Å². The molecule has 2 fully saturated rings. The highest BCUT2D eigenvalue weighted by Crippen LogP contribution is 2.37. The molecular formula is C14H17F2NO. The fraction of sp³-hybridized carbons (Fsp3) is 0.571. The van der Waals surface area contributed by atoms with Gasteiger partial charge in [0.05, 0.1) is 5.60 Å². The molecule has 0 aliphatic carbocycles. The van der Waals surface area contributed by atoms with E-state index < -0.39 is 17.2 Å². The molecule has 98 valence electrons. The second-order valence-electron chi connectivity index (χ2n) is 5.57. The molecule has 2 heterocycles. The topological polar surface area (TPSA) is 23.5 Å². The lowest BCUT2D eigenvalue weighted by Crippen LogP contribution is -2.47. The van der Waals surface area contributed by atoms with E-state index in [2.05, 4.69) is 4.90 Å². The predicted molar refractivity (Wildman–Crippen MR) is 64.2 cm³/mol. The van der Waals surface area contributed by atoms with Crippen LogP contribution in [-0.2, 0) is 6.42 Å². The Balaban J connectivity index is 1.80. The smallest absolute Gasteiger partial charge is 0.159 e. The SMILES string of the molecule is OC1(Cc2ccc(F)c(F)c2)CCN2CCC1C2. The van der Waals surface area contributed by atoms with E-state index in [0.29, 0.717) is 12.0 Å². The Bertz CT molecular complexity index is 465. The summed E-state index contributed by atoms with van der Waals surface area (Å²) >= 11 is 0. The van der Waals surface area contributed by atoms with Crippen molar-refractivity contribution in [1.29, 1.82) is 0 Å². The Hall–Kier alpha value is -1.00. The molecule has 2 bridgehead atoms. The van der Waals surface area contributed by atoms with Gasteiger partial charge in [-0.05, 0) is 37.1 Å². The van der Waals surface area contributed by atoms with Gasteiger partial charge in [0, 0.05) is 25.4 Å². The highest BCUT2D eigenvalue weighted by Gasteiger charge is 2.44. The number of rotatable bonds is 2. The molecule has 3 rings (SSSR count). The maximum Gasteiger partial charge on any atom is 0.159 e. The fourth-order valence-corrected chi connectivity index (χ4v) is 3.27. The van der Waals surface area contributed by atoms with Crippen molar-refractivity contribution in [2.24, 2.45) is 5.92 Å². The minimum Gasteiger partial charge on any atom is -0.389 e. The Morgan fingerprint density at radius 2 is 2.11 bits per heavy atom. The standard InChI is InChI=1S/C14H17F2NO/c15-12-2-1-10(7-13(12)16)8-14(18)4-6-17-5-3-11(14)9-17/h1-2,7,11,18H,3-6,8-9H2. The van der Waals surface area contributed by atoms with Crippen LogP contribution in [0.5, 0.6) is 0 Å². The molecule has 1 aromatic carbocycles. The Morgan fingerprint density at radius 3 is 2.89 bits per heavy atom. The second-order valence-corrected chi connectivity index (χ2v) is 5.57. The third-order valence-electron chi connectivity index (χ3n) is 4.39. The third-order valence-corrected chi connectivity index (χ3v) is 4.39. The average Bonchev–Trinajstić information content (AvgIpc) is 2.75. The van der Waals surface area contributed by atoms with Gasteiger partial charge in [-0.25, -0.2) is 8.78 Å². The summed E-state index contributed by atoms with van der Waals surface area (Å²) in [5.74, 6) is -1.40. The largest absolute Gasteiger partial charge is 0.389 e. The van der Waals surface area contributed by atoms with Crippen molar-refractivity contribution in [2.75, 3.05) is 19.6 Å². The highest BCUT2D eigenvalue weighted by atomic mass is 19.2. The lowest BCUT2D eigenvalue weighted by molar-refractivity contribution is -0.0439. The van der Waals surface area contributed by atoms with Gasteiger partial charge in [0.15, 0.2) is 11.6 Å². The number of fused-ring (bicyclic) bond motifs is 2. The minimum atomic E-state index is -0.833. The van der Waals surface area contributed by atoms with Gasteiger partial charge >= 0.3 is 0 Å². The number of piperidine rings is 1. The summed E-state index contributed by atoms with van der Waals surface area (Å²) in [6.45, 7) is 2.88. The van der Waals surface area contributed by atoms with Crippen molar-refractivity contribution in [2.45, 2.75) is 24.9 Å². The summed E-state index contributed by atoms with van der Waals surface area (Å²) in [7, 11) is 0. The quantitative estimate of drug-likeness (QED) is 0.871. The van der Waals surface area contributed by atoms with Crippen LogP contribution in [0.4, 0.5) is 8.78 Å². The van der Waals surface area contributed by atoms with Crippen molar-refractivity contribution < 1.29 is 13.9 Å². The van der Waals surface area contributed by atoms with Crippen molar-refractivity contribution in [3.05, 3.63) is 35.4 Å². The molecule has 4 heteroatoms. The molecule has 2 aliphatic rings. The van der Waals surface area contributed by atoms with Gasteiger partial charge in [0.2, 0.25) is 0 Å². The van der Waals surface area contributed by atoms with Crippen LogP contribution in [0.25, 0.3) is 0 Å². The number of hydrogen-bond acceptors (Lipinski definition) is 2. The molecule has 0 spiro atoms. The first-order chi connectivity index (χ1) is 8.57. The number of nitrogens with zero attached hydrogens (tertiary/aromatic N) is 1. The Morgan fingerprint density at radius 1 is 1.28 bits per heavy atom. The van der Waals surface area contributed by atoms with E-state index in [4.69, 9.17) is 0 Å². The monoisotopic (exact) mass is 253 g/mol. The summed E-state index contributed by atoms with van der Waals surface area (Å²) in [4.78, 5) is 2.35. The third kappa shape index (κ3) is 2.04. The number of hydrogen-bond donors (Lipinski definition) is 1. The fourth-order valence-electron chi connectivity index (χ4n) is 3.27. The van der Waals surface area contributed by atoms with Crippen LogP contribution in [0.1, 0.15) is 18.4 Å². The van der Waals surface area contributed by atoms with Crippen LogP contribution in [0.3, 0.4) is 0 Å². The van der Waals surface area contributed by atoms with Crippen molar-refractivity contribution in [3.8, 4) is 0 Å². The summed E-state index contributed by atoms with van der Waals surface area (Å²) in [6, 6.07) is 3.91. The zero-order valence-corrected chi connectivity index (χ0v) is 10.2. The molecule has 1 aromatic rings. The predicted octanol–water partition coefficient (Wildman–Crippen LogP) is 1.96. The molecule has 1 N–H and O–H groups in total. The molecule has 0 saturated carbocycles. The molecular weight excluding hydrogens is 236 g/mol. The van der Waals surface area contributed by atoms with Crippen LogP contribution in [-0.4, -0.2) is 35.2 Å². The zero-order chi connectivity index (χ0) is 12.8. The van der Waals surface area contributed by atoms with E-state index in [1.165, 1.54) is 6.07 Å². The maximum atomic E-state index is 13.2. The average molecular weight is 253 g/mol. The molecule has 0 amide bonds. The summed E-state index contributed by atoms with van der Waals surface area (Å²) < 4.78 is 26.1. The van der Waals surface area contributed by atoms with Crippen LogP contribution in [0.2, 0.25) is 0 Å². The van der Waals surface area contributed by atoms with Crippen molar-refractivity contribution in [1.82, 2.24) is 4.90 Å². The van der Waals surface area contributed by atoms with Gasteiger partial charge in [-0.2, -0.15) is 0 Å². The summed E-state index contributed by atoms with van der Waals surface area (Å²) in [5, 5.41) is 10.7. The number of aliphatic hydroxyl groups is 1. The van der Waals surface area contributed by atoms with E-state index in [0.717, 1.165) is 38.5 Å². The first kappa shape index (κ1) is 12.1. The second kappa shape index (κ2) is 4.28. The van der Waals surface area contributed by atoms with Crippen LogP contribution in [0.15, 0.2) is 18.2 Å². The summed E-state index contributed by atoms with van der Waals surface area (Å²) in [6.07, 6.45) is 2.14. The molecule has 2 nitrogen and oxygen atoms in total. The normalized spacial score (nSPS) is 34.8. The molecule has 3 unspecified atom stereocenters. The lowest BCUT2D eigenvalue weighted by atomic mass is 9.78. The van der Waals surface area contributed by atoms with Crippen LogP contribution in [0, 0.1) is 17.6 Å². The zero-order valence-electron chi connectivity index (χ0n) is 10.2. The van der Waals surface area contributed by atoms with Crippen molar-refractivity contribution in [3.63, 3.8) is 0 Å². The Labute approximate surface area is 105 Å². The van der Waals surface area contributed by atoms with Gasteiger partial charge in [0.25, 0.3) is 0 Å².